The fourth-order valence-electron chi connectivity index (χ4n) is 2.39. The summed E-state index contributed by atoms with van der Waals surface area (Å²) in [6.07, 6.45) is 2.67. The summed E-state index contributed by atoms with van der Waals surface area (Å²) in [6, 6.07) is 8.95. The van der Waals surface area contributed by atoms with Crippen molar-refractivity contribution >= 4 is 25.7 Å². The fraction of sp³-hybridized carbons (Fsp3) is 0.353. The average Bonchev–Trinajstić information content (AvgIpc) is 2.61. The van der Waals surface area contributed by atoms with Crippen LogP contribution in [0.1, 0.15) is 19.4 Å². The quantitative estimate of drug-likeness (QED) is 0.730. The molecule has 0 spiro atoms. The Balaban J connectivity index is 2.13. The minimum absolute atomic E-state index is 0.0365. The summed E-state index contributed by atoms with van der Waals surface area (Å²) in [6.45, 7) is 5.82. The van der Waals surface area contributed by atoms with Crippen molar-refractivity contribution in [3.8, 4) is 0 Å². The molecule has 1 aromatic carbocycles. The van der Waals surface area contributed by atoms with E-state index in [2.05, 4.69) is 14.6 Å². The van der Waals surface area contributed by atoms with Crippen LogP contribution in [0, 0.1) is 0 Å². The third kappa shape index (κ3) is 5.03. The van der Waals surface area contributed by atoms with Gasteiger partial charge in [-0.15, -0.1) is 0 Å². The van der Waals surface area contributed by atoms with Gasteiger partial charge < -0.3 is 4.90 Å². The number of anilines is 1. The predicted molar refractivity (Wildman–Crippen MR) is 101 cm³/mol. The van der Waals surface area contributed by atoms with E-state index in [1.807, 2.05) is 26.0 Å². The highest BCUT2D eigenvalue weighted by atomic mass is 32.2. The maximum Gasteiger partial charge on any atom is 0.240 e. The van der Waals surface area contributed by atoms with Crippen molar-refractivity contribution in [3.05, 3.63) is 48.2 Å². The molecule has 9 heteroatoms. The molecule has 0 atom stereocenters. The van der Waals surface area contributed by atoms with E-state index in [9.17, 15) is 16.8 Å². The molecule has 0 saturated heterocycles. The molecule has 7 nitrogen and oxygen atoms in total. The Morgan fingerprint density at radius 2 is 1.65 bits per heavy atom. The minimum atomic E-state index is -3.83. The molecular weight excluding hydrogens is 374 g/mol. The van der Waals surface area contributed by atoms with Crippen LogP contribution in [0.4, 0.5) is 5.82 Å². The molecule has 2 rings (SSSR count). The number of rotatable bonds is 8. The molecule has 0 saturated carbocycles. The SMILES string of the molecule is CCN(CC)c1ccc(CNS(=O)(=O)c2cccc(S(C)(=O)=O)c2)cn1. The maximum absolute atomic E-state index is 12.4. The van der Waals surface area contributed by atoms with Crippen molar-refractivity contribution in [2.24, 2.45) is 0 Å². The van der Waals surface area contributed by atoms with E-state index in [0.29, 0.717) is 5.56 Å². The topological polar surface area (TPSA) is 96.4 Å². The van der Waals surface area contributed by atoms with Crippen molar-refractivity contribution in [2.75, 3.05) is 24.2 Å². The van der Waals surface area contributed by atoms with Gasteiger partial charge in [0.15, 0.2) is 9.84 Å². The number of nitrogens with zero attached hydrogens (tertiary/aromatic N) is 2. The van der Waals surface area contributed by atoms with Crippen LogP contribution < -0.4 is 9.62 Å². The number of pyridine rings is 1. The molecule has 0 aliphatic rings. The number of nitrogens with one attached hydrogen (secondary N) is 1. The van der Waals surface area contributed by atoms with Crippen molar-refractivity contribution in [1.82, 2.24) is 9.71 Å². The standard InChI is InChI=1S/C17H23N3O4S2/c1-4-20(5-2)17-10-9-14(12-18-17)13-19-26(23,24)16-8-6-7-15(11-16)25(3,21)22/h6-12,19H,4-5,13H2,1-3H3. The zero-order chi connectivity index (χ0) is 19.4. The van der Waals surface area contributed by atoms with E-state index in [4.69, 9.17) is 0 Å². The van der Waals surface area contributed by atoms with Crippen LogP contribution in [0.25, 0.3) is 0 Å². The number of hydrogen-bond donors (Lipinski definition) is 1. The summed E-state index contributed by atoms with van der Waals surface area (Å²) in [5.41, 5.74) is 0.712. The second kappa shape index (κ2) is 8.15. The second-order valence-corrected chi connectivity index (χ2v) is 9.55. The van der Waals surface area contributed by atoms with Gasteiger partial charge in [-0.05, 0) is 43.7 Å². The summed E-state index contributed by atoms with van der Waals surface area (Å²) in [5, 5.41) is 0. The highest BCUT2D eigenvalue weighted by Crippen LogP contribution is 2.16. The molecule has 0 fully saturated rings. The highest BCUT2D eigenvalue weighted by molar-refractivity contribution is 7.91. The third-order valence-corrected chi connectivity index (χ3v) is 6.42. The van der Waals surface area contributed by atoms with Gasteiger partial charge in [0, 0.05) is 32.1 Å². The van der Waals surface area contributed by atoms with Crippen molar-refractivity contribution in [3.63, 3.8) is 0 Å². The zero-order valence-electron chi connectivity index (χ0n) is 15.0. The first-order chi connectivity index (χ1) is 12.2. The van der Waals surface area contributed by atoms with Crippen LogP contribution in [0.5, 0.6) is 0 Å². The van der Waals surface area contributed by atoms with Crippen molar-refractivity contribution in [1.29, 1.82) is 0 Å². The molecule has 1 heterocycles. The highest BCUT2D eigenvalue weighted by Gasteiger charge is 2.17. The smallest absolute Gasteiger partial charge is 0.240 e. The van der Waals surface area contributed by atoms with Gasteiger partial charge in [0.25, 0.3) is 0 Å². The van der Waals surface area contributed by atoms with Crippen LogP contribution in [-0.2, 0) is 26.4 Å². The fourth-order valence-corrected chi connectivity index (χ4v) is 4.19. The second-order valence-electron chi connectivity index (χ2n) is 5.77. The lowest BCUT2D eigenvalue weighted by Gasteiger charge is -2.19. The normalized spacial score (nSPS) is 12.1. The van der Waals surface area contributed by atoms with E-state index < -0.39 is 19.9 Å². The van der Waals surface area contributed by atoms with Crippen LogP contribution >= 0.6 is 0 Å². The third-order valence-electron chi connectivity index (χ3n) is 3.91. The van der Waals surface area contributed by atoms with Crippen LogP contribution in [0.15, 0.2) is 52.4 Å². The van der Waals surface area contributed by atoms with E-state index in [-0.39, 0.29) is 16.3 Å². The Morgan fingerprint density at radius 3 is 2.19 bits per heavy atom. The molecule has 142 valence electrons. The van der Waals surface area contributed by atoms with E-state index in [0.717, 1.165) is 31.2 Å². The van der Waals surface area contributed by atoms with Gasteiger partial charge in [-0.1, -0.05) is 12.1 Å². The Bertz CT molecular complexity index is 952. The summed E-state index contributed by atoms with van der Waals surface area (Å²) in [7, 11) is -7.31. The predicted octanol–water partition coefficient (Wildman–Crippen LogP) is 1.81. The number of aromatic nitrogens is 1. The molecule has 0 unspecified atom stereocenters. The molecule has 26 heavy (non-hydrogen) atoms. The first-order valence-corrected chi connectivity index (χ1v) is 11.5. The Labute approximate surface area is 155 Å². The van der Waals surface area contributed by atoms with Gasteiger partial charge in [-0.25, -0.2) is 26.5 Å². The van der Waals surface area contributed by atoms with Gasteiger partial charge in [-0.2, -0.15) is 0 Å². The lowest BCUT2D eigenvalue weighted by Crippen LogP contribution is -2.24. The first kappa shape index (κ1) is 20.3. The maximum atomic E-state index is 12.4. The first-order valence-electron chi connectivity index (χ1n) is 8.17. The Hall–Kier alpha value is -1.97. The monoisotopic (exact) mass is 397 g/mol. The zero-order valence-corrected chi connectivity index (χ0v) is 16.6. The van der Waals surface area contributed by atoms with Gasteiger partial charge >= 0.3 is 0 Å². The number of hydrogen-bond acceptors (Lipinski definition) is 6. The van der Waals surface area contributed by atoms with E-state index in [1.165, 1.54) is 18.2 Å². The minimum Gasteiger partial charge on any atom is -0.357 e. The molecular formula is C17H23N3O4S2. The summed E-state index contributed by atoms with van der Waals surface area (Å²) >= 11 is 0. The van der Waals surface area contributed by atoms with E-state index >= 15 is 0 Å². The molecule has 2 aromatic rings. The average molecular weight is 398 g/mol. The van der Waals surface area contributed by atoms with Crippen molar-refractivity contribution in [2.45, 2.75) is 30.2 Å². The molecule has 0 bridgehead atoms. The number of sulfonamides is 1. The Kier molecular flexibility index (Phi) is 6.38. The largest absolute Gasteiger partial charge is 0.357 e. The number of benzene rings is 1. The van der Waals surface area contributed by atoms with Crippen LogP contribution in [0.3, 0.4) is 0 Å². The van der Waals surface area contributed by atoms with Gasteiger partial charge in [0.05, 0.1) is 9.79 Å². The summed E-state index contributed by atoms with van der Waals surface area (Å²) in [5.74, 6) is 0.836. The Morgan fingerprint density at radius 1 is 1.00 bits per heavy atom. The molecule has 0 radical (unpaired) electrons. The molecule has 1 aromatic heterocycles. The van der Waals surface area contributed by atoms with Crippen LogP contribution in [0.2, 0.25) is 0 Å². The van der Waals surface area contributed by atoms with E-state index in [1.54, 1.807) is 6.20 Å². The van der Waals surface area contributed by atoms with Crippen LogP contribution in [-0.4, -0.2) is 41.2 Å². The van der Waals surface area contributed by atoms with Gasteiger partial charge in [-0.3, -0.25) is 0 Å². The molecule has 0 aliphatic carbocycles. The summed E-state index contributed by atoms with van der Waals surface area (Å²) in [4.78, 5) is 6.31. The van der Waals surface area contributed by atoms with Gasteiger partial charge in [0.1, 0.15) is 5.82 Å². The molecule has 1 N–H and O–H groups in total. The molecule has 0 aliphatic heterocycles. The van der Waals surface area contributed by atoms with Gasteiger partial charge in [0.2, 0.25) is 10.0 Å². The number of sulfone groups is 1. The van der Waals surface area contributed by atoms with Crippen molar-refractivity contribution < 1.29 is 16.8 Å². The summed E-state index contributed by atoms with van der Waals surface area (Å²) < 4.78 is 50.5. The lowest BCUT2D eigenvalue weighted by molar-refractivity contribution is 0.581. The molecule has 0 amide bonds. The lowest BCUT2D eigenvalue weighted by atomic mass is 10.3.